The highest BCUT2D eigenvalue weighted by Gasteiger charge is 2.16. The Morgan fingerprint density at radius 3 is 2.76 bits per heavy atom. The maximum absolute atomic E-state index is 12.4. The molecule has 1 amide bonds. The number of anilines is 1. The third-order valence-electron chi connectivity index (χ3n) is 3.04. The molecule has 0 saturated heterocycles. The van der Waals surface area contributed by atoms with E-state index in [1.807, 2.05) is 36.6 Å². The molecule has 6 heteroatoms. The molecule has 0 fully saturated rings. The van der Waals surface area contributed by atoms with Gasteiger partial charge in [0.2, 0.25) is 0 Å². The van der Waals surface area contributed by atoms with Gasteiger partial charge in [0, 0.05) is 5.56 Å². The molecule has 0 spiro atoms. The molecule has 106 valence electrons. The maximum atomic E-state index is 12.4. The van der Waals surface area contributed by atoms with Crippen molar-refractivity contribution in [2.45, 2.75) is 13.8 Å². The molecule has 21 heavy (non-hydrogen) atoms. The van der Waals surface area contributed by atoms with Crippen LogP contribution >= 0.6 is 11.3 Å². The number of benzene rings is 1. The zero-order chi connectivity index (χ0) is 14.8. The van der Waals surface area contributed by atoms with Crippen LogP contribution in [-0.2, 0) is 0 Å². The SMILES string of the molecule is Cc1noc(-c2ccsc2NC(=O)c2ccccc2C)n1. The molecule has 0 saturated carbocycles. The zero-order valence-electron chi connectivity index (χ0n) is 11.6. The smallest absolute Gasteiger partial charge is 0.260 e. The van der Waals surface area contributed by atoms with Crippen LogP contribution in [0.15, 0.2) is 40.2 Å². The summed E-state index contributed by atoms with van der Waals surface area (Å²) in [5.41, 5.74) is 2.32. The van der Waals surface area contributed by atoms with Gasteiger partial charge in [-0.05, 0) is 36.9 Å². The molecule has 1 N–H and O–H groups in total. The van der Waals surface area contributed by atoms with E-state index < -0.39 is 0 Å². The largest absolute Gasteiger partial charge is 0.334 e. The highest BCUT2D eigenvalue weighted by atomic mass is 32.1. The van der Waals surface area contributed by atoms with Crippen LogP contribution in [-0.4, -0.2) is 16.0 Å². The molecule has 2 aromatic heterocycles. The minimum absolute atomic E-state index is 0.145. The zero-order valence-corrected chi connectivity index (χ0v) is 12.4. The number of amides is 1. The number of hydrogen-bond acceptors (Lipinski definition) is 5. The first kappa shape index (κ1) is 13.5. The third-order valence-corrected chi connectivity index (χ3v) is 3.87. The highest BCUT2D eigenvalue weighted by Crippen LogP contribution is 2.32. The van der Waals surface area contributed by atoms with E-state index in [0.717, 1.165) is 11.1 Å². The van der Waals surface area contributed by atoms with Crippen molar-refractivity contribution in [2.75, 3.05) is 5.32 Å². The first-order valence-electron chi connectivity index (χ1n) is 6.40. The Labute approximate surface area is 125 Å². The number of aromatic nitrogens is 2. The van der Waals surface area contributed by atoms with Crippen molar-refractivity contribution in [3.63, 3.8) is 0 Å². The molecule has 0 aliphatic rings. The number of nitrogens with one attached hydrogen (secondary N) is 1. The minimum Gasteiger partial charge on any atom is -0.334 e. The molecule has 2 heterocycles. The van der Waals surface area contributed by atoms with Crippen LogP contribution in [0.25, 0.3) is 11.5 Å². The van der Waals surface area contributed by atoms with E-state index in [1.54, 1.807) is 13.0 Å². The molecular weight excluding hydrogens is 286 g/mol. The first-order valence-corrected chi connectivity index (χ1v) is 7.28. The molecule has 0 aliphatic heterocycles. The minimum atomic E-state index is -0.145. The summed E-state index contributed by atoms with van der Waals surface area (Å²) in [5.74, 6) is 0.828. The van der Waals surface area contributed by atoms with E-state index in [-0.39, 0.29) is 5.91 Å². The Balaban J connectivity index is 1.88. The van der Waals surface area contributed by atoms with Gasteiger partial charge in [0.05, 0.1) is 5.56 Å². The average Bonchev–Trinajstić information content (AvgIpc) is 3.08. The van der Waals surface area contributed by atoms with Gasteiger partial charge in [0.15, 0.2) is 5.82 Å². The fourth-order valence-corrected chi connectivity index (χ4v) is 2.75. The molecule has 1 aromatic carbocycles. The number of thiophene rings is 1. The fraction of sp³-hybridized carbons (Fsp3) is 0.133. The number of nitrogens with zero attached hydrogens (tertiary/aromatic N) is 2. The maximum Gasteiger partial charge on any atom is 0.260 e. The summed E-state index contributed by atoms with van der Waals surface area (Å²) in [6.45, 7) is 3.66. The lowest BCUT2D eigenvalue weighted by Crippen LogP contribution is -2.12. The summed E-state index contributed by atoms with van der Waals surface area (Å²) >= 11 is 1.42. The molecule has 5 nitrogen and oxygen atoms in total. The van der Waals surface area contributed by atoms with Crippen LogP contribution in [0, 0.1) is 13.8 Å². The van der Waals surface area contributed by atoms with Gasteiger partial charge < -0.3 is 9.84 Å². The summed E-state index contributed by atoms with van der Waals surface area (Å²) in [4.78, 5) is 16.5. The number of rotatable bonds is 3. The highest BCUT2D eigenvalue weighted by molar-refractivity contribution is 7.15. The lowest BCUT2D eigenvalue weighted by atomic mass is 10.1. The van der Waals surface area contributed by atoms with Gasteiger partial charge in [-0.1, -0.05) is 23.4 Å². The van der Waals surface area contributed by atoms with Gasteiger partial charge in [-0.2, -0.15) is 4.98 Å². The van der Waals surface area contributed by atoms with E-state index in [2.05, 4.69) is 15.5 Å². The topological polar surface area (TPSA) is 68.0 Å². The number of aryl methyl sites for hydroxylation is 2. The molecular formula is C15H13N3O2S. The second kappa shape index (κ2) is 5.49. The van der Waals surface area contributed by atoms with Gasteiger partial charge >= 0.3 is 0 Å². The van der Waals surface area contributed by atoms with Gasteiger partial charge in [-0.3, -0.25) is 4.79 Å². The summed E-state index contributed by atoms with van der Waals surface area (Å²) in [6, 6.07) is 9.31. The lowest BCUT2D eigenvalue weighted by Gasteiger charge is -2.06. The Morgan fingerprint density at radius 2 is 2.05 bits per heavy atom. The Kier molecular flexibility index (Phi) is 3.53. The number of carbonyl (C=O) groups excluding carboxylic acids is 1. The van der Waals surface area contributed by atoms with Crippen molar-refractivity contribution in [3.05, 3.63) is 52.7 Å². The Morgan fingerprint density at radius 1 is 1.24 bits per heavy atom. The third kappa shape index (κ3) is 2.71. The lowest BCUT2D eigenvalue weighted by molar-refractivity contribution is 0.102. The van der Waals surface area contributed by atoms with Crippen molar-refractivity contribution in [3.8, 4) is 11.5 Å². The van der Waals surface area contributed by atoms with Gasteiger partial charge in [0.1, 0.15) is 5.00 Å². The van der Waals surface area contributed by atoms with Gasteiger partial charge in [0.25, 0.3) is 11.8 Å². The van der Waals surface area contributed by atoms with Crippen LogP contribution in [0.4, 0.5) is 5.00 Å². The van der Waals surface area contributed by atoms with Crippen molar-refractivity contribution in [1.82, 2.24) is 10.1 Å². The normalized spacial score (nSPS) is 10.6. The summed E-state index contributed by atoms with van der Waals surface area (Å²) < 4.78 is 5.15. The van der Waals surface area contributed by atoms with Gasteiger partial charge in [-0.25, -0.2) is 0 Å². The average molecular weight is 299 g/mol. The molecule has 3 aromatic rings. The molecule has 3 rings (SSSR count). The van der Waals surface area contributed by atoms with E-state index >= 15 is 0 Å². The summed E-state index contributed by atoms with van der Waals surface area (Å²) in [6.07, 6.45) is 0. The van der Waals surface area contributed by atoms with E-state index in [1.165, 1.54) is 11.3 Å². The van der Waals surface area contributed by atoms with E-state index in [0.29, 0.717) is 22.3 Å². The van der Waals surface area contributed by atoms with Crippen LogP contribution in [0.1, 0.15) is 21.7 Å². The first-order chi connectivity index (χ1) is 10.1. The van der Waals surface area contributed by atoms with Crippen LogP contribution in [0.5, 0.6) is 0 Å². The van der Waals surface area contributed by atoms with E-state index in [4.69, 9.17) is 4.52 Å². The van der Waals surface area contributed by atoms with Crippen molar-refractivity contribution >= 4 is 22.2 Å². The molecule has 0 aliphatic carbocycles. The number of hydrogen-bond donors (Lipinski definition) is 1. The van der Waals surface area contributed by atoms with Crippen LogP contribution in [0.2, 0.25) is 0 Å². The van der Waals surface area contributed by atoms with Crippen molar-refractivity contribution in [1.29, 1.82) is 0 Å². The molecule has 0 radical (unpaired) electrons. The van der Waals surface area contributed by atoms with E-state index in [9.17, 15) is 4.79 Å². The molecule has 0 bridgehead atoms. The predicted molar refractivity (Wildman–Crippen MR) is 81.5 cm³/mol. The van der Waals surface area contributed by atoms with Crippen molar-refractivity contribution < 1.29 is 9.32 Å². The summed E-state index contributed by atoms with van der Waals surface area (Å²) in [7, 11) is 0. The quantitative estimate of drug-likeness (QED) is 0.801. The monoisotopic (exact) mass is 299 g/mol. The molecule has 0 unspecified atom stereocenters. The predicted octanol–water partition coefficient (Wildman–Crippen LogP) is 3.67. The second-order valence-corrected chi connectivity index (χ2v) is 5.50. The Hall–Kier alpha value is -2.47. The molecule has 0 atom stereocenters. The summed E-state index contributed by atoms with van der Waals surface area (Å²) in [5, 5.41) is 9.26. The van der Waals surface area contributed by atoms with Crippen LogP contribution < -0.4 is 5.32 Å². The standard InChI is InChI=1S/C15H13N3O2S/c1-9-5-3-4-6-11(9)13(19)17-15-12(7-8-21-15)14-16-10(2)18-20-14/h3-8H,1-2H3,(H,17,19). The van der Waals surface area contributed by atoms with Crippen molar-refractivity contribution in [2.24, 2.45) is 0 Å². The van der Waals surface area contributed by atoms with Gasteiger partial charge in [-0.15, -0.1) is 11.3 Å². The second-order valence-electron chi connectivity index (χ2n) is 4.58. The number of carbonyl (C=O) groups is 1. The Bertz CT molecular complexity index is 792. The fourth-order valence-electron chi connectivity index (χ4n) is 1.98. The van der Waals surface area contributed by atoms with Crippen LogP contribution in [0.3, 0.4) is 0 Å².